The summed E-state index contributed by atoms with van der Waals surface area (Å²) in [4.78, 5) is 38.8. The summed E-state index contributed by atoms with van der Waals surface area (Å²) in [6, 6.07) is 14.0. The van der Waals surface area contributed by atoms with Crippen molar-refractivity contribution in [1.82, 2.24) is 9.78 Å². The molecule has 0 radical (unpaired) electrons. The summed E-state index contributed by atoms with van der Waals surface area (Å²) < 4.78 is 15.6. The van der Waals surface area contributed by atoms with E-state index in [0.717, 1.165) is 0 Å². The van der Waals surface area contributed by atoms with Gasteiger partial charge in [-0.3, -0.25) is 19.1 Å². The van der Waals surface area contributed by atoms with Crippen molar-refractivity contribution in [1.29, 1.82) is 0 Å². The van der Waals surface area contributed by atoms with Crippen LogP contribution in [0, 0.1) is 11.7 Å². The van der Waals surface area contributed by atoms with Crippen LogP contribution in [-0.2, 0) is 14.4 Å². The van der Waals surface area contributed by atoms with E-state index in [1.165, 1.54) is 17.0 Å². The maximum Gasteiger partial charge on any atom is 0.248 e. The van der Waals surface area contributed by atoms with Gasteiger partial charge >= 0.3 is 0 Å². The Hall–Kier alpha value is -4.01. The smallest absolute Gasteiger partial charge is 0.248 e. The molecule has 2 atom stereocenters. The minimum absolute atomic E-state index is 0.00200. The fourth-order valence-electron chi connectivity index (χ4n) is 3.58. The van der Waals surface area contributed by atoms with Crippen molar-refractivity contribution in [2.24, 2.45) is 5.92 Å². The third kappa shape index (κ3) is 4.51. The standard InChI is InChI=1S/C23H22FN5O3/c1-15(29-11-5-10-25-29)22(31)26-17-6-4-7-18(13-17)27-23(32)16-12-21(30)28(14-16)20-9-3-2-8-19(20)24/h2-11,13,15-16H,12,14H2,1H3,(H,26,31)(H,27,32). The van der Waals surface area contributed by atoms with Crippen LogP contribution >= 0.6 is 0 Å². The van der Waals surface area contributed by atoms with Crippen molar-refractivity contribution in [3.05, 3.63) is 72.8 Å². The number of nitrogens with one attached hydrogen (secondary N) is 2. The third-order valence-corrected chi connectivity index (χ3v) is 5.34. The molecule has 1 aliphatic heterocycles. The molecule has 2 aromatic carbocycles. The van der Waals surface area contributed by atoms with E-state index in [0.29, 0.717) is 11.4 Å². The van der Waals surface area contributed by atoms with Gasteiger partial charge in [-0.1, -0.05) is 18.2 Å². The number of nitrogens with zero attached hydrogens (tertiary/aromatic N) is 3. The van der Waals surface area contributed by atoms with Gasteiger partial charge in [-0.2, -0.15) is 5.10 Å². The molecule has 2 heterocycles. The maximum absolute atomic E-state index is 14.1. The molecule has 3 amide bonds. The minimum Gasteiger partial charge on any atom is -0.326 e. The quantitative estimate of drug-likeness (QED) is 0.621. The first kappa shape index (κ1) is 21.2. The van der Waals surface area contributed by atoms with E-state index in [1.807, 2.05) is 0 Å². The molecule has 4 rings (SSSR count). The molecule has 32 heavy (non-hydrogen) atoms. The number of benzene rings is 2. The van der Waals surface area contributed by atoms with Crippen LogP contribution in [0.5, 0.6) is 0 Å². The van der Waals surface area contributed by atoms with Gasteiger partial charge in [-0.15, -0.1) is 0 Å². The number of carbonyl (C=O) groups excluding carboxylic acids is 3. The molecule has 9 heteroatoms. The molecule has 0 saturated carbocycles. The molecule has 0 bridgehead atoms. The number of hydrogen-bond acceptors (Lipinski definition) is 4. The van der Waals surface area contributed by atoms with Gasteiger partial charge in [0.05, 0.1) is 11.6 Å². The molecule has 8 nitrogen and oxygen atoms in total. The summed E-state index contributed by atoms with van der Waals surface area (Å²) in [6.07, 6.45) is 3.30. The molecular formula is C23H22FN5O3. The Labute approximate surface area is 184 Å². The van der Waals surface area contributed by atoms with Gasteiger partial charge in [0, 0.05) is 36.7 Å². The fourth-order valence-corrected chi connectivity index (χ4v) is 3.58. The second-order valence-corrected chi connectivity index (χ2v) is 7.58. The highest BCUT2D eigenvalue weighted by atomic mass is 19.1. The van der Waals surface area contributed by atoms with Crippen molar-refractivity contribution in [3.63, 3.8) is 0 Å². The summed E-state index contributed by atoms with van der Waals surface area (Å²) in [5, 5.41) is 9.64. The summed E-state index contributed by atoms with van der Waals surface area (Å²) >= 11 is 0. The summed E-state index contributed by atoms with van der Waals surface area (Å²) in [5.41, 5.74) is 1.17. The fraction of sp³-hybridized carbons (Fsp3) is 0.217. The lowest BCUT2D eigenvalue weighted by Crippen LogP contribution is -2.28. The maximum atomic E-state index is 14.1. The van der Waals surface area contributed by atoms with Crippen molar-refractivity contribution in [2.45, 2.75) is 19.4 Å². The topological polar surface area (TPSA) is 96.3 Å². The van der Waals surface area contributed by atoms with Crippen LogP contribution in [0.4, 0.5) is 21.5 Å². The minimum atomic E-state index is -0.611. The lowest BCUT2D eigenvalue weighted by molar-refractivity contribution is -0.122. The zero-order valence-corrected chi connectivity index (χ0v) is 17.4. The lowest BCUT2D eigenvalue weighted by Gasteiger charge is -2.17. The largest absolute Gasteiger partial charge is 0.326 e. The number of aromatic nitrogens is 2. The number of rotatable bonds is 6. The summed E-state index contributed by atoms with van der Waals surface area (Å²) in [5.74, 6) is -2.01. The van der Waals surface area contributed by atoms with Gasteiger partial charge < -0.3 is 15.5 Å². The van der Waals surface area contributed by atoms with Crippen molar-refractivity contribution in [2.75, 3.05) is 22.1 Å². The third-order valence-electron chi connectivity index (χ3n) is 5.34. The predicted molar refractivity (Wildman–Crippen MR) is 117 cm³/mol. The number of para-hydroxylation sites is 1. The Morgan fingerprint density at radius 3 is 2.56 bits per heavy atom. The van der Waals surface area contributed by atoms with Crippen molar-refractivity contribution < 1.29 is 18.8 Å². The van der Waals surface area contributed by atoms with Crippen molar-refractivity contribution in [3.8, 4) is 0 Å². The highest BCUT2D eigenvalue weighted by Crippen LogP contribution is 2.28. The second-order valence-electron chi connectivity index (χ2n) is 7.58. The van der Waals surface area contributed by atoms with Crippen LogP contribution in [-0.4, -0.2) is 34.0 Å². The molecular weight excluding hydrogens is 413 g/mol. The van der Waals surface area contributed by atoms with Gasteiger partial charge in [-0.25, -0.2) is 4.39 Å². The highest BCUT2D eigenvalue weighted by molar-refractivity contribution is 6.04. The molecule has 2 N–H and O–H groups in total. The van der Waals surface area contributed by atoms with Crippen molar-refractivity contribution >= 4 is 34.8 Å². The van der Waals surface area contributed by atoms with Crippen LogP contribution in [0.3, 0.4) is 0 Å². The first-order valence-electron chi connectivity index (χ1n) is 10.2. The lowest BCUT2D eigenvalue weighted by atomic mass is 10.1. The summed E-state index contributed by atoms with van der Waals surface area (Å²) in [7, 11) is 0. The normalized spacial score (nSPS) is 16.6. The zero-order chi connectivity index (χ0) is 22.7. The number of carbonyl (C=O) groups is 3. The highest BCUT2D eigenvalue weighted by Gasteiger charge is 2.36. The average molecular weight is 435 g/mol. The number of hydrogen-bond donors (Lipinski definition) is 2. The van der Waals surface area contributed by atoms with E-state index in [1.54, 1.807) is 66.5 Å². The van der Waals surface area contributed by atoms with Crippen LogP contribution in [0.2, 0.25) is 0 Å². The average Bonchev–Trinajstić information content (AvgIpc) is 3.44. The van der Waals surface area contributed by atoms with Crippen LogP contribution in [0.15, 0.2) is 67.0 Å². The van der Waals surface area contributed by atoms with Gasteiger partial charge in [0.25, 0.3) is 0 Å². The Kier molecular flexibility index (Phi) is 5.98. The molecule has 0 aliphatic carbocycles. The zero-order valence-electron chi connectivity index (χ0n) is 17.4. The first-order chi connectivity index (χ1) is 15.4. The Bertz CT molecular complexity index is 1150. The van der Waals surface area contributed by atoms with Gasteiger partial charge in [0.15, 0.2) is 0 Å². The predicted octanol–water partition coefficient (Wildman–Crippen LogP) is 3.21. The molecule has 3 aromatic rings. The molecule has 164 valence electrons. The molecule has 0 spiro atoms. The first-order valence-corrected chi connectivity index (χ1v) is 10.2. The van der Waals surface area contributed by atoms with Gasteiger partial charge in [0.2, 0.25) is 17.7 Å². The Morgan fingerprint density at radius 1 is 1.09 bits per heavy atom. The molecule has 1 saturated heterocycles. The van der Waals surface area contributed by atoms with E-state index < -0.39 is 17.8 Å². The van der Waals surface area contributed by atoms with Gasteiger partial charge in [-0.05, 0) is 43.3 Å². The van der Waals surface area contributed by atoms with Crippen LogP contribution in [0.25, 0.3) is 0 Å². The van der Waals surface area contributed by atoms with Gasteiger partial charge in [0.1, 0.15) is 11.9 Å². The van der Waals surface area contributed by atoms with E-state index in [9.17, 15) is 18.8 Å². The number of halogens is 1. The number of amides is 3. The Morgan fingerprint density at radius 2 is 1.84 bits per heavy atom. The number of anilines is 3. The SMILES string of the molecule is CC(C(=O)Nc1cccc(NC(=O)C2CC(=O)N(c3ccccc3F)C2)c1)n1cccn1. The molecule has 1 aliphatic rings. The van der Waals surface area contributed by atoms with E-state index in [-0.39, 0.29) is 36.4 Å². The molecule has 1 fully saturated rings. The molecule has 1 aromatic heterocycles. The van der Waals surface area contributed by atoms with Crippen LogP contribution in [0.1, 0.15) is 19.4 Å². The van der Waals surface area contributed by atoms with Crippen LogP contribution < -0.4 is 15.5 Å². The van der Waals surface area contributed by atoms with E-state index in [4.69, 9.17) is 0 Å². The van der Waals surface area contributed by atoms with E-state index in [2.05, 4.69) is 15.7 Å². The monoisotopic (exact) mass is 435 g/mol. The second kappa shape index (κ2) is 9.01. The summed E-state index contributed by atoms with van der Waals surface area (Å²) in [6.45, 7) is 1.83. The Balaban J connectivity index is 1.39. The van der Waals surface area contributed by atoms with E-state index >= 15 is 0 Å². The molecule has 2 unspecified atom stereocenters.